The molecule has 0 aliphatic carbocycles. The van der Waals surface area contributed by atoms with Crippen molar-refractivity contribution in [2.75, 3.05) is 6.61 Å². The van der Waals surface area contributed by atoms with Gasteiger partial charge in [-0.25, -0.2) is 22.3 Å². The molecule has 0 fully saturated rings. The summed E-state index contributed by atoms with van der Waals surface area (Å²) >= 11 is 5.56. The third-order valence-corrected chi connectivity index (χ3v) is 2.74. The van der Waals surface area contributed by atoms with Crippen LogP contribution in [0.2, 0.25) is 5.02 Å². The Morgan fingerprint density at radius 2 is 2.06 bits per heavy atom. The fraction of sp³-hybridized carbons (Fsp3) is 0.250. The highest BCUT2D eigenvalue weighted by Gasteiger charge is 2.17. The highest BCUT2D eigenvalue weighted by Crippen LogP contribution is 2.26. The first-order chi connectivity index (χ1) is 7.30. The summed E-state index contributed by atoms with van der Waals surface area (Å²) in [5, 5.41) is 5.00. The van der Waals surface area contributed by atoms with Crippen molar-refractivity contribution in [3.63, 3.8) is 0 Å². The van der Waals surface area contributed by atoms with Crippen molar-refractivity contribution >= 4 is 21.6 Å². The third kappa shape index (κ3) is 3.58. The van der Waals surface area contributed by atoms with Crippen LogP contribution < -0.4 is 9.88 Å². The molecular weight excluding hydrogens is 264 g/mol. The van der Waals surface area contributed by atoms with Crippen LogP contribution in [0.5, 0.6) is 5.75 Å². The zero-order valence-electron chi connectivity index (χ0n) is 7.86. The van der Waals surface area contributed by atoms with Gasteiger partial charge in [0, 0.05) is 5.02 Å². The second kappa shape index (κ2) is 4.94. The van der Waals surface area contributed by atoms with Crippen molar-refractivity contribution < 1.29 is 21.9 Å². The second-order valence-electron chi connectivity index (χ2n) is 2.84. The first-order valence-corrected chi connectivity index (χ1v) is 5.96. The molecule has 0 aliphatic heterocycles. The molecule has 16 heavy (non-hydrogen) atoms. The topological polar surface area (TPSA) is 69.4 Å². The standard InChI is InChI=1S/C8H8ClF2NO3S/c9-5-1-2-6(15-4-8(10)11)7(3-5)16(12,13)14/h1-3,8H,4H2,(H2,12,13,14). The molecule has 0 aliphatic rings. The highest BCUT2D eigenvalue weighted by atomic mass is 35.5. The summed E-state index contributed by atoms with van der Waals surface area (Å²) in [6, 6.07) is 3.53. The van der Waals surface area contributed by atoms with E-state index < -0.39 is 28.0 Å². The van der Waals surface area contributed by atoms with Crippen molar-refractivity contribution in [1.82, 2.24) is 0 Å². The van der Waals surface area contributed by atoms with Gasteiger partial charge >= 0.3 is 0 Å². The van der Waals surface area contributed by atoms with E-state index in [1.54, 1.807) is 0 Å². The number of halogens is 3. The van der Waals surface area contributed by atoms with E-state index in [0.29, 0.717) is 0 Å². The Labute approximate surface area is 96.0 Å². The normalized spacial score (nSPS) is 11.8. The molecule has 0 spiro atoms. The van der Waals surface area contributed by atoms with Crippen LogP contribution in [0.4, 0.5) is 8.78 Å². The minimum Gasteiger partial charge on any atom is -0.486 e. The Bertz CT molecular complexity index is 478. The number of ether oxygens (including phenoxy) is 1. The average molecular weight is 272 g/mol. The molecule has 2 N–H and O–H groups in total. The molecule has 1 aromatic rings. The quantitative estimate of drug-likeness (QED) is 0.905. The van der Waals surface area contributed by atoms with Gasteiger partial charge < -0.3 is 4.74 Å². The van der Waals surface area contributed by atoms with Crippen molar-refractivity contribution in [1.29, 1.82) is 0 Å². The summed E-state index contributed by atoms with van der Waals surface area (Å²) in [5.41, 5.74) is 0. The number of benzene rings is 1. The summed E-state index contributed by atoms with van der Waals surface area (Å²) < 4.78 is 50.6. The largest absolute Gasteiger partial charge is 0.486 e. The molecule has 0 heterocycles. The van der Waals surface area contributed by atoms with Gasteiger partial charge in [0.2, 0.25) is 10.0 Å². The molecule has 0 saturated carbocycles. The molecule has 0 aromatic heterocycles. The Morgan fingerprint density at radius 3 is 2.56 bits per heavy atom. The van der Waals surface area contributed by atoms with Crippen LogP contribution in [0.3, 0.4) is 0 Å². The number of nitrogens with two attached hydrogens (primary N) is 1. The highest BCUT2D eigenvalue weighted by molar-refractivity contribution is 7.89. The molecule has 0 atom stereocenters. The molecule has 90 valence electrons. The maximum Gasteiger partial charge on any atom is 0.272 e. The van der Waals surface area contributed by atoms with E-state index in [1.807, 2.05) is 0 Å². The monoisotopic (exact) mass is 271 g/mol. The number of alkyl halides is 2. The van der Waals surface area contributed by atoms with Gasteiger partial charge in [-0.15, -0.1) is 0 Å². The number of rotatable bonds is 4. The number of hydrogen-bond donors (Lipinski definition) is 1. The van der Waals surface area contributed by atoms with Crippen molar-refractivity contribution in [2.24, 2.45) is 5.14 Å². The van der Waals surface area contributed by atoms with Gasteiger partial charge in [-0.05, 0) is 18.2 Å². The predicted octanol–water partition coefficient (Wildman–Crippen LogP) is 1.63. The van der Waals surface area contributed by atoms with Crippen molar-refractivity contribution in [3.8, 4) is 5.75 Å². The predicted molar refractivity (Wildman–Crippen MR) is 54.3 cm³/mol. The summed E-state index contributed by atoms with van der Waals surface area (Å²) in [6.07, 6.45) is -2.70. The van der Waals surface area contributed by atoms with Crippen LogP contribution in [-0.4, -0.2) is 21.5 Å². The smallest absolute Gasteiger partial charge is 0.272 e. The van der Waals surface area contributed by atoms with Gasteiger partial charge in [-0.1, -0.05) is 11.6 Å². The van der Waals surface area contributed by atoms with E-state index in [-0.39, 0.29) is 10.8 Å². The lowest BCUT2D eigenvalue weighted by atomic mass is 10.3. The lowest BCUT2D eigenvalue weighted by Gasteiger charge is -2.09. The zero-order valence-corrected chi connectivity index (χ0v) is 9.43. The van der Waals surface area contributed by atoms with Crippen LogP contribution >= 0.6 is 11.6 Å². The lowest BCUT2D eigenvalue weighted by molar-refractivity contribution is 0.0804. The third-order valence-electron chi connectivity index (χ3n) is 1.58. The first-order valence-electron chi connectivity index (χ1n) is 4.04. The molecule has 8 heteroatoms. The van der Waals surface area contributed by atoms with E-state index in [9.17, 15) is 17.2 Å². The van der Waals surface area contributed by atoms with Crippen LogP contribution in [0, 0.1) is 0 Å². The average Bonchev–Trinajstić information content (AvgIpc) is 2.14. The van der Waals surface area contributed by atoms with E-state index in [0.717, 1.165) is 6.07 Å². The Balaban J connectivity index is 3.09. The molecular formula is C8H8ClF2NO3S. The van der Waals surface area contributed by atoms with E-state index in [1.165, 1.54) is 12.1 Å². The maximum absolute atomic E-state index is 11.9. The minimum absolute atomic E-state index is 0.119. The first kappa shape index (κ1) is 13.1. The van der Waals surface area contributed by atoms with Crippen molar-refractivity contribution in [3.05, 3.63) is 23.2 Å². The van der Waals surface area contributed by atoms with E-state index in [2.05, 4.69) is 4.74 Å². The SMILES string of the molecule is NS(=O)(=O)c1cc(Cl)ccc1OCC(F)F. The zero-order chi connectivity index (χ0) is 12.3. The molecule has 0 radical (unpaired) electrons. The van der Waals surface area contributed by atoms with Gasteiger partial charge in [-0.3, -0.25) is 0 Å². The summed E-state index contributed by atoms with van der Waals surface area (Å²) in [4.78, 5) is -0.416. The van der Waals surface area contributed by atoms with Gasteiger partial charge in [0.1, 0.15) is 17.3 Å². The fourth-order valence-electron chi connectivity index (χ4n) is 0.976. The minimum atomic E-state index is -4.06. The summed E-state index contributed by atoms with van der Waals surface area (Å²) in [7, 11) is -4.06. The number of sulfonamides is 1. The number of hydrogen-bond acceptors (Lipinski definition) is 3. The molecule has 1 rings (SSSR count). The summed E-state index contributed by atoms with van der Waals surface area (Å²) in [6.45, 7) is -0.913. The van der Waals surface area contributed by atoms with Crippen molar-refractivity contribution in [2.45, 2.75) is 11.3 Å². The van der Waals surface area contributed by atoms with Gasteiger partial charge in [-0.2, -0.15) is 0 Å². The van der Waals surface area contributed by atoms with Gasteiger partial charge in [0.05, 0.1) is 0 Å². The fourth-order valence-corrected chi connectivity index (χ4v) is 1.91. The van der Waals surface area contributed by atoms with E-state index in [4.69, 9.17) is 16.7 Å². The Kier molecular flexibility index (Phi) is 4.06. The summed E-state index contributed by atoms with van der Waals surface area (Å²) in [5.74, 6) is -0.243. The lowest BCUT2D eigenvalue weighted by Crippen LogP contribution is -2.15. The molecule has 0 unspecified atom stereocenters. The second-order valence-corrected chi connectivity index (χ2v) is 4.80. The van der Waals surface area contributed by atoms with Crippen LogP contribution in [0.25, 0.3) is 0 Å². The Hall–Kier alpha value is -0.920. The Morgan fingerprint density at radius 1 is 1.44 bits per heavy atom. The molecule has 0 saturated heterocycles. The van der Waals surface area contributed by atoms with Crippen LogP contribution in [0.1, 0.15) is 0 Å². The molecule has 4 nitrogen and oxygen atoms in total. The molecule has 0 bridgehead atoms. The van der Waals surface area contributed by atoms with Gasteiger partial charge in [0.25, 0.3) is 6.43 Å². The van der Waals surface area contributed by atoms with Gasteiger partial charge in [0.15, 0.2) is 0 Å². The maximum atomic E-state index is 11.9. The number of primary sulfonamides is 1. The van der Waals surface area contributed by atoms with Crippen LogP contribution in [0.15, 0.2) is 23.1 Å². The van der Waals surface area contributed by atoms with E-state index >= 15 is 0 Å². The molecule has 0 amide bonds. The van der Waals surface area contributed by atoms with Crippen LogP contribution in [-0.2, 0) is 10.0 Å². The molecule has 1 aromatic carbocycles.